The molecule has 0 saturated carbocycles. The highest BCUT2D eigenvalue weighted by atomic mass is 16.6. The first-order valence-corrected chi connectivity index (χ1v) is 4.43. The van der Waals surface area contributed by atoms with Crippen LogP contribution < -0.4 is 10.8 Å². The van der Waals surface area contributed by atoms with Gasteiger partial charge in [0.2, 0.25) is 0 Å². The van der Waals surface area contributed by atoms with Gasteiger partial charge in [0.05, 0.1) is 6.04 Å². The van der Waals surface area contributed by atoms with Crippen molar-refractivity contribution in [3.63, 3.8) is 0 Å². The summed E-state index contributed by atoms with van der Waals surface area (Å²) in [5.74, 6) is 2.14. The summed E-state index contributed by atoms with van der Waals surface area (Å²) in [7, 11) is 0. The summed E-state index contributed by atoms with van der Waals surface area (Å²) in [6.45, 7) is 1.01. The normalized spacial score (nSPS) is 21.9. The monoisotopic (exact) mass is 182 g/mol. The summed E-state index contributed by atoms with van der Waals surface area (Å²) < 4.78 is 0. The summed E-state index contributed by atoms with van der Waals surface area (Å²) in [5.41, 5.74) is 2.31. The van der Waals surface area contributed by atoms with Gasteiger partial charge in [-0.25, -0.2) is 5.48 Å². The number of hydrogen-bond acceptors (Lipinski definition) is 3. The fourth-order valence-corrected chi connectivity index (χ4v) is 1.30. The third-order valence-electron chi connectivity index (χ3n) is 1.96. The quantitative estimate of drug-likeness (QED) is 0.361. The maximum Gasteiger partial charge on any atom is 0.260 e. The zero-order chi connectivity index (χ0) is 9.52. The molecule has 0 aromatic rings. The summed E-state index contributed by atoms with van der Waals surface area (Å²) in [6.07, 6.45) is 8.04. The minimum atomic E-state index is -0.130. The zero-order valence-electron chi connectivity index (χ0n) is 7.51. The molecule has 4 heteroatoms. The van der Waals surface area contributed by atoms with Crippen LogP contribution in [-0.4, -0.2) is 25.1 Å². The molecule has 1 amide bonds. The van der Waals surface area contributed by atoms with E-state index in [1.807, 2.05) is 0 Å². The number of terminal acetylenes is 1. The van der Waals surface area contributed by atoms with Crippen molar-refractivity contribution in [2.24, 2.45) is 0 Å². The first-order chi connectivity index (χ1) is 6.34. The van der Waals surface area contributed by atoms with Crippen LogP contribution in [0.4, 0.5) is 0 Å². The second-order valence-electron chi connectivity index (χ2n) is 2.96. The Bertz CT molecular complexity index is 204. The smallest absolute Gasteiger partial charge is 0.260 e. The van der Waals surface area contributed by atoms with Crippen molar-refractivity contribution in [2.45, 2.75) is 25.3 Å². The standard InChI is InChI=1S/C9H14N2O2/c1-2-7-13-11-9(12)8-5-3-4-6-10-8/h1,8,10H,3-7H2,(H,11,12)/t8-/m0/s1. The second kappa shape index (κ2) is 5.57. The van der Waals surface area contributed by atoms with E-state index in [9.17, 15) is 4.79 Å². The number of hydrogen-bond donors (Lipinski definition) is 2. The Kier molecular flexibility index (Phi) is 4.30. The molecule has 72 valence electrons. The average molecular weight is 182 g/mol. The minimum Gasteiger partial charge on any atom is -0.306 e. The van der Waals surface area contributed by atoms with E-state index in [0.717, 1.165) is 25.8 Å². The Hall–Kier alpha value is -1.05. The fraction of sp³-hybridized carbons (Fsp3) is 0.667. The molecule has 1 saturated heterocycles. The molecule has 1 aliphatic heterocycles. The molecular weight excluding hydrogens is 168 g/mol. The van der Waals surface area contributed by atoms with Gasteiger partial charge in [-0.1, -0.05) is 12.3 Å². The summed E-state index contributed by atoms with van der Waals surface area (Å²) in [4.78, 5) is 16.0. The molecule has 0 radical (unpaired) electrons. The van der Waals surface area contributed by atoms with Crippen LogP contribution >= 0.6 is 0 Å². The SMILES string of the molecule is C#CCONC(=O)[C@@H]1CCCCN1. The van der Waals surface area contributed by atoms with Crippen LogP contribution in [0.15, 0.2) is 0 Å². The Morgan fingerprint density at radius 1 is 1.69 bits per heavy atom. The van der Waals surface area contributed by atoms with Crippen LogP contribution in [0.1, 0.15) is 19.3 Å². The lowest BCUT2D eigenvalue weighted by molar-refractivity contribution is -0.135. The van der Waals surface area contributed by atoms with Crippen molar-refractivity contribution in [3.8, 4) is 12.3 Å². The van der Waals surface area contributed by atoms with Crippen LogP contribution in [0.3, 0.4) is 0 Å². The Balaban J connectivity index is 2.18. The van der Waals surface area contributed by atoms with Crippen LogP contribution in [0, 0.1) is 12.3 Å². The molecule has 0 aromatic heterocycles. The maximum absolute atomic E-state index is 11.3. The van der Waals surface area contributed by atoms with Crippen molar-refractivity contribution < 1.29 is 9.63 Å². The molecule has 1 rings (SSSR count). The van der Waals surface area contributed by atoms with Crippen molar-refractivity contribution in [2.75, 3.05) is 13.2 Å². The molecule has 0 bridgehead atoms. The predicted octanol–water partition coefficient (Wildman–Crippen LogP) is -0.191. The molecule has 1 fully saturated rings. The Morgan fingerprint density at radius 3 is 3.15 bits per heavy atom. The molecule has 0 aromatic carbocycles. The maximum atomic E-state index is 11.3. The van der Waals surface area contributed by atoms with Gasteiger partial charge in [0, 0.05) is 0 Å². The molecule has 13 heavy (non-hydrogen) atoms. The van der Waals surface area contributed by atoms with Gasteiger partial charge in [0.1, 0.15) is 6.61 Å². The molecule has 1 atom stereocenters. The van der Waals surface area contributed by atoms with Gasteiger partial charge in [-0.2, -0.15) is 0 Å². The predicted molar refractivity (Wildman–Crippen MR) is 48.6 cm³/mol. The van der Waals surface area contributed by atoms with E-state index in [1.54, 1.807) is 0 Å². The number of hydroxylamine groups is 1. The molecule has 0 aliphatic carbocycles. The van der Waals surface area contributed by atoms with E-state index in [0.29, 0.717) is 0 Å². The van der Waals surface area contributed by atoms with Crippen molar-refractivity contribution in [1.82, 2.24) is 10.8 Å². The third kappa shape index (κ3) is 3.45. The molecule has 1 aliphatic rings. The van der Waals surface area contributed by atoms with Gasteiger partial charge in [-0.15, -0.1) is 6.42 Å². The number of nitrogens with one attached hydrogen (secondary N) is 2. The number of rotatable bonds is 3. The minimum absolute atomic E-state index is 0.110. The van der Waals surface area contributed by atoms with Crippen molar-refractivity contribution in [1.29, 1.82) is 0 Å². The zero-order valence-corrected chi connectivity index (χ0v) is 7.51. The first-order valence-electron chi connectivity index (χ1n) is 4.43. The van der Waals surface area contributed by atoms with Crippen molar-refractivity contribution in [3.05, 3.63) is 0 Å². The van der Waals surface area contributed by atoms with Gasteiger partial charge in [0.25, 0.3) is 5.91 Å². The molecule has 2 N–H and O–H groups in total. The van der Waals surface area contributed by atoms with E-state index in [2.05, 4.69) is 16.7 Å². The second-order valence-corrected chi connectivity index (χ2v) is 2.96. The highest BCUT2D eigenvalue weighted by Gasteiger charge is 2.19. The number of amides is 1. The van der Waals surface area contributed by atoms with Crippen LogP contribution in [0.25, 0.3) is 0 Å². The summed E-state index contributed by atoms with van der Waals surface area (Å²) in [5, 5.41) is 3.10. The van der Waals surface area contributed by atoms with E-state index < -0.39 is 0 Å². The third-order valence-corrected chi connectivity index (χ3v) is 1.96. The van der Waals surface area contributed by atoms with E-state index in [-0.39, 0.29) is 18.6 Å². The fourth-order valence-electron chi connectivity index (χ4n) is 1.30. The van der Waals surface area contributed by atoms with Crippen LogP contribution in [-0.2, 0) is 9.63 Å². The van der Waals surface area contributed by atoms with Crippen molar-refractivity contribution >= 4 is 5.91 Å². The van der Waals surface area contributed by atoms with E-state index in [1.165, 1.54) is 0 Å². The molecule has 1 heterocycles. The molecular formula is C9H14N2O2. The molecule has 0 unspecified atom stereocenters. The number of carbonyl (C=O) groups is 1. The van der Waals surface area contributed by atoms with Gasteiger partial charge in [0.15, 0.2) is 0 Å². The average Bonchev–Trinajstić information content (AvgIpc) is 2.19. The first kappa shape index (κ1) is 10.0. The van der Waals surface area contributed by atoms with Gasteiger partial charge in [-0.3, -0.25) is 9.63 Å². The summed E-state index contributed by atoms with van der Waals surface area (Å²) in [6, 6.07) is -0.119. The highest BCUT2D eigenvalue weighted by Crippen LogP contribution is 2.06. The summed E-state index contributed by atoms with van der Waals surface area (Å²) >= 11 is 0. The van der Waals surface area contributed by atoms with Crippen LogP contribution in [0.2, 0.25) is 0 Å². The lowest BCUT2D eigenvalue weighted by Crippen LogP contribution is -2.46. The molecule has 0 spiro atoms. The highest BCUT2D eigenvalue weighted by molar-refractivity contribution is 5.80. The molecule has 4 nitrogen and oxygen atoms in total. The van der Waals surface area contributed by atoms with E-state index in [4.69, 9.17) is 11.3 Å². The van der Waals surface area contributed by atoms with Gasteiger partial charge in [-0.05, 0) is 19.4 Å². The number of carbonyl (C=O) groups excluding carboxylic acids is 1. The topological polar surface area (TPSA) is 50.4 Å². The van der Waals surface area contributed by atoms with E-state index >= 15 is 0 Å². The van der Waals surface area contributed by atoms with Gasteiger partial charge < -0.3 is 5.32 Å². The Morgan fingerprint density at radius 2 is 2.54 bits per heavy atom. The lowest BCUT2D eigenvalue weighted by atomic mass is 10.1. The Labute approximate surface area is 78.0 Å². The lowest BCUT2D eigenvalue weighted by Gasteiger charge is -2.21. The largest absolute Gasteiger partial charge is 0.306 e. The number of piperidine rings is 1. The van der Waals surface area contributed by atoms with Crippen LogP contribution in [0.5, 0.6) is 0 Å². The van der Waals surface area contributed by atoms with Gasteiger partial charge >= 0.3 is 0 Å².